The summed E-state index contributed by atoms with van der Waals surface area (Å²) in [4.78, 5) is 18.8. The molecule has 1 amide bonds. The number of hydrogen-bond donors (Lipinski definition) is 3. The Bertz CT molecular complexity index is 916. The van der Waals surface area contributed by atoms with E-state index in [4.69, 9.17) is 0 Å². The molecule has 0 radical (unpaired) electrons. The quantitative estimate of drug-likeness (QED) is 0.322. The third-order valence-corrected chi connectivity index (χ3v) is 5.84. The van der Waals surface area contributed by atoms with E-state index in [9.17, 15) is 4.79 Å². The Balaban J connectivity index is 0.00000256. The predicted octanol–water partition coefficient (Wildman–Crippen LogP) is 3.35. The van der Waals surface area contributed by atoms with Gasteiger partial charge in [-0.25, -0.2) is 0 Å². The first-order valence-electron chi connectivity index (χ1n) is 10.3. The van der Waals surface area contributed by atoms with Crippen LogP contribution in [0.25, 0.3) is 0 Å². The van der Waals surface area contributed by atoms with Gasteiger partial charge in [0, 0.05) is 56.4 Å². The molecule has 0 aromatic heterocycles. The highest BCUT2D eigenvalue weighted by Gasteiger charge is 2.26. The van der Waals surface area contributed by atoms with Gasteiger partial charge in [-0.05, 0) is 36.6 Å². The molecule has 2 aliphatic rings. The Morgan fingerprint density at radius 1 is 1.13 bits per heavy atom. The molecule has 0 aliphatic carbocycles. The van der Waals surface area contributed by atoms with Gasteiger partial charge in [0.25, 0.3) is 0 Å². The molecular formula is C23H30IN5O. The van der Waals surface area contributed by atoms with Gasteiger partial charge < -0.3 is 20.9 Å². The van der Waals surface area contributed by atoms with E-state index in [0.29, 0.717) is 19.0 Å². The van der Waals surface area contributed by atoms with Gasteiger partial charge in [-0.2, -0.15) is 0 Å². The van der Waals surface area contributed by atoms with Crippen LogP contribution in [0.3, 0.4) is 0 Å². The second-order valence-corrected chi connectivity index (χ2v) is 7.79. The van der Waals surface area contributed by atoms with Gasteiger partial charge in [0.1, 0.15) is 0 Å². The highest BCUT2D eigenvalue weighted by atomic mass is 127. The number of rotatable bonds is 5. The van der Waals surface area contributed by atoms with Crippen molar-refractivity contribution in [2.45, 2.75) is 31.7 Å². The third kappa shape index (κ3) is 4.88. The van der Waals surface area contributed by atoms with Crippen LogP contribution in [0.5, 0.6) is 0 Å². The van der Waals surface area contributed by atoms with Crippen LogP contribution >= 0.6 is 24.0 Å². The molecule has 0 saturated heterocycles. The summed E-state index contributed by atoms with van der Waals surface area (Å²) in [6.45, 7) is 4.68. The molecule has 4 rings (SSSR count). The zero-order valence-electron chi connectivity index (χ0n) is 17.5. The van der Waals surface area contributed by atoms with Gasteiger partial charge in [-0.1, -0.05) is 36.4 Å². The number of amides is 1. The molecule has 0 saturated carbocycles. The Hall–Kier alpha value is -2.29. The van der Waals surface area contributed by atoms with Crippen LogP contribution in [0.4, 0.5) is 11.4 Å². The van der Waals surface area contributed by atoms with Crippen molar-refractivity contribution in [1.29, 1.82) is 0 Å². The van der Waals surface area contributed by atoms with E-state index >= 15 is 0 Å². The lowest BCUT2D eigenvalue weighted by molar-refractivity contribution is -0.116. The van der Waals surface area contributed by atoms with Gasteiger partial charge in [0.05, 0.1) is 0 Å². The third-order valence-electron chi connectivity index (χ3n) is 5.84. The molecule has 0 bridgehead atoms. The number of hydrogen-bond acceptors (Lipinski definition) is 3. The van der Waals surface area contributed by atoms with Crippen molar-refractivity contribution in [3.05, 3.63) is 59.7 Å². The lowest BCUT2D eigenvalue weighted by Crippen LogP contribution is -2.44. The Kier molecular flexibility index (Phi) is 7.58. The second kappa shape index (κ2) is 10.1. The number of aliphatic imine (C=N–C) groups is 1. The van der Waals surface area contributed by atoms with Gasteiger partial charge in [0.15, 0.2) is 5.96 Å². The lowest BCUT2D eigenvalue weighted by atomic mass is 9.90. The average molecular weight is 519 g/mol. The van der Waals surface area contributed by atoms with Crippen molar-refractivity contribution in [3.63, 3.8) is 0 Å². The number of benzene rings is 2. The minimum atomic E-state index is 0. The van der Waals surface area contributed by atoms with E-state index in [0.717, 1.165) is 31.2 Å². The summed E-state index contributed by atoms with van der Waals surface area (Å²) in [5.74, 6) is 0.984. The van der Waals surface area contributed by atoms with E-state index in [2.05, 4.69) is 63.1 Å². The molecule has 7 heteroatoms. The van der Waals surface area contributed by atoms with Crippen molar-refractivity contribution in [3.8, 4) is 0 Å². The highest BCUT2D eigenvalue weighted by Crippen LogP contribution is 2.32. The van der Waals surface area contributed by atoms with Crippen molar-refractivity contribution in [1.82, 2.24) is 10.6 Å². The minimum Gasteiger partial charge on any atom is -0.367 e. The number of carbonyl (C=O) groups is 1. The van der Waals surface area contributed by atoms with E-state index in [-0.39, 0.29) is 35.8 Å². The van der Waals surface area contributed by atoms with Crippen molar-refractivity contribution < 1.29 is 4.79 Å². The van der Waals surface area contributed by atoms with Crippen LogP contribution in [-0.4, -0.2) is 44.6 Å². The number of guanidine groups is 1. The average Bonchev–Trinajstić information content (AvgIpc) is 3.05. The summed E-state index contributed by atoms with van der Waals surface area (Å²) in [7, 11) is 1.78. The van der Waals surface area contributed by atoms with E-state index in [1.165, 1.54) is 16.8 Å². The highest BCUT2D eigenvalue weighted by molar-refractivity contribution is 14.0. The molecule has 30 heavy (non-hydrogen) atoms. The summed E-state index contributed by atoms with van der Waals surface area (Å²) in [5, 5.41) is 9.77. The molecule has 2 heterocycles. The topological polar surface area (TPSA) is 68.8 Å². The Morgan fingerprint density at radius 3 is 2.73 bits per heavy atom. The molecule has 160 valence electrons. The molecule has 0 spiro atoms. The lowest BCUT2D eigenvalue weighted by Gasteiger charge is -2.27. The van der Waals surface area contributed by atoms with Crippen LogP contribution in [0.1, 0.15) is 30.4 Å². The molecule has 3 N–H and O–H groups in total. The SMILES string of the molecule is CN=C(NCCN1c2ccccc2CC1C)NCC1CC(=O)Nc2ccccc21.I. The van der Waals surface area contributed by atoms with Crippen molar-refractivity contribution in [2.75, 3.05) is 36.9 Å². The number of halogens is 1. The summed E-state index contributed by atoms with van der Waals surface area (Å²) in [6, 6.07) is 17.2. The zero-order valence-corrected chi connectivity index (χ0v) is 19.9. The largest absolute Gasteiger partial charge is 0.367 e. The Labute approximate surface area is 195 Å². The molecule has 2 aliphatic heterocycles. The van der Waals surface area contributed by atoms with Gasteiger partial charge in [0.2, 0.25) is 5.91 Å². The van der Waals surface area contributed by atoms with Gasteiger partial charge >= 0.3 is 0 Å². The summed E-state index contributed by atoms with van der Waals surface area (Å²) >= 11 is 0. The molecule has 2 aromatic carbocycles. The fourth-order valence-corrected chi connectivity index (χ4v) is 4.39. The number of carbonyl (C=O) groups excluding carboxylic acids is 1. The summed E-state index contributed by atoms with van der Waals surface area (Å²) in [5.41, 5.74) is 4.86. The van der Waals surface area contributed by atoms with Crippen LogP contribution in [0.2, 0.25) is 0 Å². The smallest absolute Gasteiger partial charge is 0.225 e. The normalized spacial score (nSPS) is 20.0. The first-order chi connectivity index (χ1) is 14.2. The molecule has 2 aromatic rings. The minimum absolute atomic E-state index is 0. The van der Waals surface area contributed by atoms with Gasteiger partial charge in [-0.3, -0.25) is 9.79 Å². The number of anilines is 2. The van der Waals surface area contributed by atoms with E-state index in [1.807, 2.05) is 18.2 Å². The van der Waals surface area contributed by atoms with Crippen molar-refractivity contribution in [2.24, 2.45) is 4.99 Å². The van der Waals surface area contributed by atoms with E-state index in [1.54, 1.807) is 7.05 Å². The number of nitrogens with one attached hydrogen (secondary N) is 3. The second-order valence-electron chi connectivity index (χ2n) is 7.79. The fraction of sp³-hybridized carbons (Fsp3) is 0.391. The van der Waals surface area contributed by atoms with E-state index < -0.39 is 0 Å². The monoisotopic (exact) mass is 519 g/mol. The van der Waals surface area contributed by atoms with Crippen LogP contribution < -0.4 is 20.9 Å². The maximum atomic E-state index is 12.0. The van der Waals surface area contributed by atoms with Crippen LogP contribution in [-0.2, 0) is 11.2 Å². The number of nitrogens with zero attached hydrogens (tertiary/aromatic N) is 2. The molecular weight excluding hydrogens is 489 g/mol. The van der Waals surface area contributed by atoms with Gasteiger partial charge in [-0.15, -0.1) is 24.0 Å². The number of para-hydroxylation sites is 2. The summed E-state index contributed by atoms with van der Waals surface area (Å²) in [6.07, 6.45) is 1.59. The van der Waals surface area contributed by atoms with Crippen LogP contribution in [0.15, 0.2) is 53.5 Å². The first-order valence-corrected chi connectivity index (χ1v) is 10.3. The molecule has 2 atom stereocenters. The fourth-order valence-electron chi connectivity index (χ4n) is 4.39. The standard InChI is InChI=1S/C23H29N5O.HI/c1-16-13-17-7-3-6-10-21(17)28(16)12-11-25-23(24-2)26-15-18-14-22(29)27-20-9-5-4-8-19(18)20;/h3-10,16,18H,11-15H2,1-2H3,(H,27,29)(H2,24,25,26);1H. The zero-order chi connectivity index (χ0) is 20.2. The van der Waals surface area contributed by atoms with Crippen LogP contribution in [0, 0.1) is 0 Å². The number of fused-ring (bicyclic) bond motifs is 2. The van der Waals surface area contributed by atoms with Crippen molar-refractivity contribution >= 4 is 47.2 Å². The molecule has 0 fully saturated rings. The Morgan fingerprint density at radius 2 is 1.90 bits per heavy atom. The molecule has 6 nitrogen and oxygen atoms in total. The maximum absolute atomic E-state index is 12.0. The first kappa shape index (κ1) is 22.4. The predicted molar refractivity (Wildman–Crippen MR) is 134 cm³/mol. The molecule has 2 unspecified atom stereocenters. The maximum Gasteiger partial charge on any atom is 0.225 e. The summed E-state index contributed by atoms with van der Waals surface area (Å²) < 4.78 is 0.